The smallest absolute Gasteiger partial charge is 0.336 e. The molecule has 0 aliphatic heterocycles. The lowest BCUT2D eigenvalue weighted by Gasteiger charge is -2.06. The van der Waals surface area contributed by atoms with E-state index in [9.17, 15) is 4.79 Å². The van der Waals surface area contributed by atoms with Gasteiger partial charge in [0.1, 0.15) is 15.7 Å². The Morgan fingerprint density at radius 1 is 1.33 bits per heavy atom. The van der Waals surface area contributed by atoms with Gasteiger partial charge in [-0.05, 0) is 24.6 Å². The van der Waals surface area contributed by atoms with Gasteiger partial charge in [0, 0.05) is 23.4 Å². The largest absolute Gasteiger partial charge is 0.493 e. The number of rotatable bonds is 3. The first-order valence-corrected chi connectivity index (χ1v) is 6.35. The minimum absolute atomic E-state index is 0.166. The molecule has 1 heterocycles. The summed E-state index contributed by atoms with van der Waals surface area (Å²) in [4.78, 5) is 11.1. The number of benzene rings is 1. The summed E-state index contributed by atoms with van der Waals surface area (Å²) in [6, 6.07) is 8.48. The summed E-state index contributed by atoms with van der Waals surface area (Å²) in [5.41, 5.74) is 0.140. The molecule has 5 heteroatoms. The van der Waals surface area contributed by atoms with Gasteiger partial charge in [-0.25, -0.2) is 4.79 Å². The van der Waals surface area contributed by atoms with Crippen molar-refractivity contribution in [3.05, 3.63) is 40.8 Å². The minimum atomic E-state index is -0.636. The molecular weight excluding hydrogens is 275 g/mol. The molecule has 0 N–H and O–H groups in total. The normalized spacial score (nSPS) is 20.9. The summed E-state index contributed by atoms with van der Waals surface area (Å²) in [5.74, 6) is 0.812. The van der Waals surface area contributed by atoms with Crippen molar-refractivity contribution in [1.82, 2.24) is 0 Å². The standard InChI is InChI=1S/C13H10Cl2O3/c14-13(15)6-9(13)7-17-10-3-1-8-2-4-12(16)18-11(8)5-10/h1-5,9H,6-7H2. The fraction of sp³-hybridized carbons (Fsp3) is 0.308. The van der Waals surface area contributed by atoms with Crippen molar-refractivity contribution >= 4 is 34.2 Å². The third-order valence-corrected chi connectivity index (χ3v) is 3.93. The topological polar surface area (TPSA) is 39.4 Å². The van der Waals surface area contributed by atoms with Gasteiger partial charge < -0.3 is 9.15 Å². The number of ether oxygens (including phenoxy) is 1. The highest BCUT2D eigenvalue weighted by Crippen LogP contribution is 2.53. The van der Waals surface area contributed by atoms with E-state index in [1.54, 1.807) is 12.1 Å². The maximum absolute atomic E-state index is 11.1. The van der Waals surface area contributed by atoms with Crippen LogP contribution in [0.1, 0.15) is 6.42 Å². The Hall–Kier alpha value is -1.19. The van der Waals surface area contributed by atoms with E-state index in [-0.39, 0.29) is 11.5 Å². The molecule has 0 radical (unpaired) electrons. The summed E-state index contributed by atoms with van der Waals surface area (Å²) in [6.45, 7) is 0.468. The Morgan fingerprint density at radius 2 is 2.06 bits per heavy atom. The van der Waals surface area contributed by atoms with Crippen molar-refractivity contribution in [1.29, 1.82) is 0 Å². The van der Waals surface area contributed by atoms with E-state index in [4.69, 9.17) is 32.4 Å². The van der Waals surface area contributed by atoms with Crippen molar-refractivity contribution in [2.24, 2.45) is 5.92 Å². The van der Waals surface area contributed by atoms with E-state index in [2.05, 4.69) is 0 Å². The second kappa shape index (κ2) is 4.18. The van der Waals surface area contributed by atoms with Gasteiger partial charge in [0.2, 0.25) is 0 Å². The van der Waals surface area contributed by atoms with Gasteiger partial charge in [0.05, 0.1) is 6.61 Å². The second-order valence-corrected chi connectivity index (χ2v) is 5.97. The monoisotopic (exact) mass is 284 g/mol. The predicted octanol–water partition coefficient (Wildman–Crippen LogP) is 3.37. The molecule has 0 bridgehead atoms. The van der Waals surface area contributed by atoms with Crippen LogP contribution in [0.4, 0.5) is 0 Å². The van der Waals surface area contributed by atoms with Gasteiger partial charge >= 0.3 is 5.63 Å². The molecule has 0 saturated heterocycles. The van der Waals surface area contributed by atoms with Crippen LogP contribution in [0.25, 0.3) is 11.0 Å². The quantitative estimate of drug-likeness (QED) is 0.641. The van der Waals surface area contributed by atoms with Crippen molar-refractivity contribution in [3.63, 3.8) is 0 Å². The lowest BCUT2D eigenvalue weighted by atomic mass is 10.2. The molecule has 1 aliphatic carbocycles. The minimum Gasteiger partial charge on any atom is -0.493 e. The maximum Gasteiger partial charge on any atom is 0.336 e. The lowest BCUT2D eigenvalue weighted by Crippen LogP contribution is -2.04. The SMILES string of the molecule is O=c1ccc2ccc(OCC3CC3(Cl)Cl)cc2o1. The predicted molar refractivity (Wildman–Crippen MR) is 70.5 cm³/mol. The van der Waals surface area contributed by atoms with E-state index in [1.807, 2.05) is 12.1 Å². The molecule has 18 heavy (non-hydrogen) atoms. The maximum atomic E-state index is 11.1. The molecule has 1 unspecified atom stereocenters. The van der Waals surface area contributed by atoms with Gasteiger partial charge in [0.25, 0.3) is 0 Å². The van der Waals surface area contributed by atoms with E-state index in [1.165, 1.54) is 6.07 Å². The first-order valence-electron chi connectivity index (χ1n) is 5.59. The van der Waals surface area contributed by atoms with Gasteiger partial charge in [-0.1, -0.05) is 0 Å². The summed E-state index contributed by atoms with van der Waals surface area (Å²) >= 11 is 11.8. The van der Waals surface area contributed by atoms with Crippen LogP contribution in [0, 0.1) is 5.92 Å². The van der Waals surface area contributed by atoms with Gasteiger partial charge in [-0.3, -0.25) is 0 Å². The van der Waals surface area contributed by atoms with E-state index in [0.717, 1.165) is 11.8 Å². The van der Waals surface area contributed by atoms with Crippen molar-refractivity contribution in [2.45, 2.75) is 10.8 Å². The zero-order chi connectivity index (χ0) is 12.8. The first-order chi connectivity index (χ1) is 8.54. The summed E-state index contributed by atoms with van der Waals surface area (Å²) < 4.78 is 10.0. The van der Waals surface area contributed by atoms with Crippen LogP contribution < -0.4 is 10.4 Å². The molecule has 3 rings (SSSR count). The number of halogens is 2. The zero-order valence-electron chi connectivity index (χ0n) is 9.36. The average Bonchev–Trinajstić information content (AvgIpc) is 2.94. The van der Waals surface area contributed by atoms with E-state index in [0.29, 0.717) is 17.9 Å². The Labute approximate surface area is 113 Å². The molecule has 3 nitrogen and oxygen atoms in total. The molecule has 1 aliphatic rings. The van der Waals surface area contributed by atoms with E-state index < -0.39 is 4.33 Å². The Kier molecular flexibility index (Phi) is 2.76. The van der Waals surface area contributed by atoms with Crippen LogP contribution in [-0.2, 0) is 0 Å². The molecule has 0 spiro atoms. The molecule has 1 aromatic heterocycles. The van der Waals surface area contributed by atoms with Crippen LogP contribution in [-0.4, -0.2) is 10.9 Å². The Bertz CT molecular complexity index is 648. The number of alkyl halides is 2. The molecule has 1 aromatic carbocycles. The van der Waals surface area contributed by atoms with Crippen molar-refractivity contribution in [2.75, 3.05) is 6.61 Å². The van der Waals surface area contributed by atoms with Crippen LogP contribution in [0.5, 0.6) is 5.75 Å². The van der Waals surface area contributed by atoms with Gasteiger partial charge in [0.15, 0.2) is 0 Å². The van der Waals surface area contributed by atoms with Crippen LogP contribution in [0.2, 0.25) is 0 Å². The number of hydrogen-bond acceptors (Lipinski definition) is 3. The third-order valence-electron chi connectivity index (χ3n) is 3.00. The van der Waals surface area contributed by atoms with Crippen molar-refractivity contribution < 1.29 is 9.15 Å². The third kappa shape index (κ3) is 2.33. The lowest BCUT2D eigenvalue weighted by molar-refractivity contribution is 0.298. The fourth-order valence-electron chi connectivity index (χ4n) is 1.78. The fourth-order valence-corrected chi connectivity index (χ4v) is 2.28. The first kappa shape index (κ1) is 11.9. The Balaban J connectivity index is 1.78. The molecule has 1 fully saturated rings. The summed E-state index contributed by atoms with van der Waals surface area (Å²) in [7, 11) is 0. The molecule has 0 amide bonds. The second-order valence-electron chi connectivity index (χ2n) is 4.43. The molecule has 94 valence electrons. The van der Waals surface area contributed by atoms with Crippen molar-refractivity contribution in [3.8, 4) is 5.75 Å². The zero-order valence-corrected chi connectivity index (χ0v) is 10.9. The number of fused-ring (bicyclic) bond motifs is 1. The summed E-state index contributed by atoms with van der Waals surface area (Å²) in [6.07, 6.45) is 0.749. The Morgan fingerprint density at radius 3 is 2.78 bits per heavy atom. The van der Waals surface area contributed by atoms with Gasteiger partial charge in [-0.2, -0.15) is 0 Å². The summed E-state index contributed by atoms with van der Waals surface area (Å²) in [5, 5.41) is 0.859. The highest BCUT2D eigenvalue weighted by atomic mass is 35.5. The highest BCUT2D eigenvalue weighted by Gasteiger charge is 2.52. The highest BCUT2D eigenvalue weighted by molar-refractivity contribution is 6.50. The van der Waals surface area contributed by atoms with Crippen LogP contribution in [0.3, 0.4) is 0 Å². The average molecular weight is 285 g/mol. The van der Waals surface area contributed by atoms with Gasteiger partial charge in [-0.15, -0.1) is 23.2 Å². The molecule has 1 saturated carbocycles. The molecule has 2 aromatic rings. The van der Waals surface area contributed by atoms with Crippen LogP contribution in [0.15, 0.2) is 39.5 Å². The molecule has 1 atom stereocenters. The van der Waals surface area contributed by atoms with E-state index >= 15 is 0 Å². The van der Waals surface area contributed by atoms with Crippen LogP contribution >= 0.6 is 23.2 Å². The molecular formula is C13H10Cl2O3. The number of hydrogen-bond donors (Lipinski definition) is 0.